The van der Waals surface area contributed by atoms with Crippen molar-refractivity contribution in [2.75, 3.05) is 20.1 Å². The summed E-state index contributed by atoms with van der Waals surface area (Å²) < 4.78 is 0. The zero-order valence-corrected chi connectivity index (χ0v) is 12.1. The summed E-state index contributed by atoms with van der Waals surface area (Å²) in [5.41, 5.74) is 0.509. The van der Waals surface area contributed by atoms with E-state index in [1.807, 2.05) is 12.1 Å². The van der Waals surface area contributed by atoms with E-state index in [0.717, 1.165) is 5.39 Å². The molecule has 5 heteroatoms. The second-order valence-electron chi connectivity index (χ2n) is 4.92. The fourth-order valence-electron chi connectivity index (χ4n) is 2.11. The van der Waals surface area contributed by atoms with Gasteiger partial charge in [-0.25, -0.2) is 0 Å². The topological polar surface area (TPSA) is 69.6 Å². The van der Waals surface area contributed by atoms with E-state index in [1.54, 1.807) is 31.3 Å². The Labute approximate surface area is 123 Å². The Hall–Kier alpha value is -2.56. The molecule has 0 aliphatic heterocycles. The lowest BCUT2D eigenvalue weighted by Crippen LogP contribution is -2.35. The number of benzene rings is 2. The first-order chi connectivity index (χ1) is 9.99. The van der Waals surface area contributed by atoms with Gasteiger partial charge in [0.2, 0.25) is 5.91 Å². The molecule has 0 aliphatic rings. The number of hydrogen-bond acceptors (Lipinski definition) is 3. The first-order valence-corrected chi connectivity index (χ1v) is 6.70. The quantitative estimate of drug-likeness (QED) is 0.899. The van der Waals surface area contributed by atoms with Gasteiger partial charge < -0.3 is 15.3 Å². The number of carbonyl (C=O) groups excluding carboxylic acids is 2. The van der Waals surface area contributed by atoms with Crippen LogP contribution in [0.2, 0.25) is 0 Å². The first kappa shape index (κ1) is 14.8. The summed E-state index contributed by atoms with van der Waals surface area (Å²) in [6.45, 7) is 2.28. The molecule has 2 N–H and O–H groups in total. The molecule has 0 radical (unpaired) electrons. The molecule has 0 saturated heterocycles. The summed E-state index contributed by atoms with van der Waals surface area (Å²) in [5.74, 6) is -0.111. The van der Waals surface area contributed by atoms with Crippen molar-refractivity contribution in [1.29, 1.82) is 0 Å². The van der Waals surface area contributed by atoms with E-state index >= 15 is 0 Å². The molecule has 0 atom stereocenters. The van der Waals surface area contributed by atoms with Gasteiger partial charge in [-0.1, -0.05) is 18.2 Å². The molecule has 0 bridgehead atoms. The molecule has 0 fully saturated rings. The van der Waals surface area contributed by atoms with Gasteiger partial charge in [0.25, 0.3) is 5.91 Å². The maximum absolute atomic E-state index is 12.3. The highest BCUT2D eigenvalue weighted by molar-refractivity contribution is 5.99. The van der Waals surface area contributed by atoms with Crippen LogP contribution in [0.5, 0.6) is 5.75 Å². The van der Waals surface area contributed by atoms with Gasteiger partial charge in [-0.2, -0.15) is 0 Å². The van der Waals surface area contributed by atoms with Gasteiger partial charge in [-0.05, 0) is 23.6 Å². The fraction of sp³-hybridized carbons (Fsp3) is 0.250. The van der Waals surface area contributed by atoms with E-state index in [4.69, 9.17) is 0 Å². The first-order valence-electron chi connectivity index (χ1n) is 6.70. The largest absolute Gasteiger partial charge is 0.507 e. The molecule has 2 rings (SSSR count). The van der Waals surface area contributed by atoms with Gasteiger partial charge in [0, 0.05) is 38.0 Å². The Bertz CT molecular complexity index is 682. The standard InChI is InChI=1S/C16H18N2O3/c1-11(19)17-8-9-18(2)16(21)13-7-6-12-4-3-5-15(20)14(12)10-13/h3-7,10,20H,8-9H2,1-2H3,(H,17,19). The molecule has 0 spiro atoms. The van der Waals surface area contributed by atoms with Crippen molar-refractivity contribution < 1.29 is 14.7 Å². The van der Waals surface area contributed by atoms with Crippen LogP contribution in [0, 0.1) is 0 Å². The van der Waals surface area contributed by atoms with Crippen molar-refractivity contribution in [2.45, 2.75) is 6.92 Å². The minimum atomic E-state index is -0.148. The second-order valence-corrected chi connectivity index (χ2v) is 4.92. The Morgan fingerprint density at radius 3 is 2.71 bits per heavy atom. The third-order valence-electron chi connectivity index (χ3n) is 3.27. The van der Waals surface area contributed by atoms with Crippen LogP contribution >= 0.6 is 0 Å². The lowest BCUT2D eigenvalue weighted by Gasteiger charge is -2.17. The Balaban J connectivity index is 2.15. The summed E-state index contributed by atoms with van der Waals surface area (Å²) in [5, 5.41) is 14.0. The number of carbonyl (C=O) groups is 2. The molecule has 0 unspecified atom stereocenters. The van der Waals surface area contributed by atoms with Gasteiger partial charge in [-0.3, -0.25) is 9.59 Å². The number of fused-ring (bicyclic) bond motifs is 1. The van der Waals surface area contributed by atoms with Crippen molar-refractivity contribution in [3.63, 3.8) is 0 Å². The molecular formula is C16H18N2O3. The van der Waals surface area contributed by atoms with Gasteiger partial charge in [-0.15, -0.1) is 0 Å². The molecule has 5 nitrogen and oxygen atoms in total. The van der Waals surface area contributed by atoms with Crippen LogP contribution in [-0.2, 0) is 4.79 Å². The van der Waals surface area contributed by atoms with Crippen molar-refractivity contribution >= 4 is 22.6 Å². The van der Waals surface area contributed by atoms with Gasteiger partial charge in [0.1, 0.15) is 5.75 Å². The number of aromatic hydroxyl groups is 1. The van der Waals surface area contributed by atoms with Crippen LogP contribution in [0.15, 0.2) is 36.4 Å². The molecule has 0 heterocycles. The van der Waals surface area contributed by atoms with E-state index in [9.17, 15) is 14.7 Å². The molecule has 110 valence electrons. The minimum absolute atomic E-state index is 0.119. The molecule has 0 saturated carbocycles. The van der Waals surface area contributed by atoms with Crippen LogP contribution in [0.1, 0.15) is 17.3 Å². The number of likely N-dealkylation sites (N-methyl/N-ethyl adjacent to an activating group) is 1. The van der Waals surface area contributed by atoms with Crippen LogP contribution in [-0.4, -0.2) is 42.0 Å². The van der Waals surface area contributed by atoms with Gasteiger partial charge in [0.15, 0.2) is 0 Å². The number of hydrogen-bond donors (Lipinski definition) is 2. The fourth-order valence-corrected chi connectivity index (χ4v) is 2.11. The molecule has 21 heavy (non-hydrogen) atoms. The van der Waals surface area contributed by atoms with Crippen molar-refractivity contribution in [2.24, 2.45) is 0 Å². The van der Waals surface area contributed by atoms with Gasteiger partial charge in [0.05, 0.1) is 0 Å². The Morgan fingerprint density at radius 1 is 1.24 bits per heavy atom. The predicted molar refractivity (Wildman–Crippen MR) is 81.3 cm³/mol. The highest BCUT2D eigenvalue weighted by Gasteiger charge is 2.12. The maximum Gasteiger partial charge on any atom is 0.253 e. The average Bonchev–Trinajstić information content (AvgIpc) is 2.46. The number of phenolic OH excluding ortho intramolecular Hbond substituents is 1. The molecular weight excluding hydrogens is 268 g/mol. The van der Waals surface area contributed by atoms with E-state index < -0.39 is 0 Å². The summed E-state index contributed by atoms with van der Waals surface area (Å²) >= 11 is 0. The van der Waals surface area contributed by atoms with Gasteiger partial charge >= 0.3 is 0 Å². The highest BCUT2D eigenvalue weighted by atomic mass is 16.3. The number of rotatable bonds is 4. The summed E-state index contributed by atoms with van der Waals surface area (Å²) in [6, 6.07) is 10.5. The van der Waals surface area contributed by atoms with Crippen molar-refractivity contribution in [3.8, 4) is 5.75 Å². The number of nitrogens with one attached hydrogen (secondary N) is 1. The molecule has 2 amide bonds. The molecule has 2 aromatic carbocycles. The Morgan fingerprint density at radius 2 is 2.00 bits per heavy atom. The predicted octanol–water partition coefficient (Wildman–Crippen LogP) is 1.75. The van der Waals surface area contributed by atoms with Crippen LogP contribution in [0.3, 0.4) is 0 Å². The molecule has 2 aromatic rings. The molecule has 0 aliphatic carbocycles. The van der Waals surface area contributed by atoms with Crippen molar-refractivity contribution in [3.05, 3.63) is 42.0 Å². The van der Waals surface area contributed by atoms with Crippen LogP contribution in [0.4, 0.5) is 0 Å². The SMILES string of the molecule is CC(=O)NCCN(C)C(=O)c1ccc2cccc(O)c2c1. The van der Waals surface area contributed by atoms with Crippen LogP contribution < -0.4 is 5.32 Å². The lowest BCUT2D eigenvalue weighted by atomic mass is 10.1. The van der Waals surface area contributed by atoms with Crippen molar-refractivity contribution in [1.82, 2.24) is 10.2 Å². The average molecular weight is 286 g/mol. The molecule has 0 aromatic heterocycles. The zero-order valence-electron chi connectivity index (χ0n) is 12.1. The number of phenols is 1. The minimum Gasteiger partial charge on any atom is -0.507 e. The maximum atomic E-state index is 12.3. The normalized spacial score (nSPS) is 10.4. The zero-order chi connectivity index (χ0) is 15.4. The lowest BCUT2D eigenvalue weighted by molar-refractivity contribution is -0.118. The summed E-state index contributed by atoms with van der Waals surface area (Å²) in [4.78, 5) is 24.7. The summed E-state index contributed by atoms with van der Waals surface area (Å²) in [6.07, 6.45) is 0. The third-order valence-corrected chi connectivity index (χ3v) is 3.27. The summed E-state index contributed by atoms with van der Waals surface area (Å²) in [7, 11) is 1.68. The Kier molecular flexibility index (Phi) is 4.42. The van der Waals surface area contributed by atoms with E-state index in [0.29, 0.717) is 24.0 Å². The monoisotopic (exact) mass is 286 g/mol. The smallest absolute Gasteiger partial charge is 0.253 e. The van der Waals surface area contributed by atoms with E-state index in [-0.39, 0.29) is 17.6 Å². The van der Waals surface area contributed by atoms with E-state index in [2.05, 4.69) is 5.32 Å². The highest BCUT2D eigenvalue weighted by Crippen LogP contribution is 2.25. The second kappa shape index (κ2) is 6.26. The third kappa shape index (κ3) is 3.51. The number of nitrogens with zero attached hydrogens (tertiary/aromatic N) is 1. The van der Waals surface area contributed by atoms with Crippen LogP contribution in [0.25, 0.3) is 10.8 Å². The van der Waals surface area contributed by atoms with E-state index in [1.165, 1.54) is 11.8 Å². The number of amides is 2.